The van der Waals surface area contributed by atoms with Gasteiger partial charge in [0.25, 0.3) is 0 Å². The van der Waals surface area contributed by atoms with E-state index in [0.717, 1.165) is 55.7 Å². The predicted octanol–water partition coefficient (Wildman–Crippen LogP) is 6.37. The number of allylic oxidation sites excluding steroid dienone is 1. The minimum Gasteiger partial charge on any atom is -0.492 e. The molecule has 0 N–H and O–H groups in total. The molecule has 1 aliphatic heterocycles. The molecule has 1 amide bonds. The average molecular weight is 790 g/mol. The summed E-state index contributed by atoms with van der Waals surface area (Å²) in [6, 6.07) is 24.8. The van der Waals surface area contributed by atoms with E-state index < -0.39 is 66.3 Å². The average Bonchev–Trinajstić information content (AvgIpc) is 3.15. The molecule has 0 aliphatic carbocycles. The van der Waals surface area contributed by atoms with E-state index >= 15 is 0 Å². The van der Waals surface area contributed by atoms with Crippen molar-refractivity contribution >= 4 is 41.1 Å². The number of carbonyl (C=O) groups excluding carboxylic acids is 5. The van der Waals surface area contributed by atoms with Crippen molar-refractivity contribution in [2.45, 2.75) is 91.2 Å². The Hall–Kier alpha value is -5.89. The summed E-state index contributed by atoms with van der Waals surface area (Å²) in [4.78, 5) is 63.2. The number of nitrogens with zero attached hydrogens (tertiary/aromatic N) is 1. The molecule has 1 saturated heterocycles. The Labute approximate surface area is 332 Å². The molecule has 4 rings (SSSR count). The summed E-state index contributed by atoms with van der Waals surface area (Å²) in [6.45, 7) is 11.5. The maximum Gasteiger partial charge on any atom is 0.410 e. The van der Waals surface area contributed by atoms with E-state index in [2.05, 4.69) is 6.92 Å². The van der Waals surface area contributed by atoms with Crippen molar-refractivity contribution in [2.24, 2.45) is 0 Å². The van der Waals surface area contributed by atoms with E-state index in [1.165, 1.54) is 4.90 Å². The zero-order valence-corrected chi connectivity index (χ0v) is 33.8. The fraction of sp³-hybridized carbons (Fsp3) is 0.419. The van der Waals surface area contributed by atoms with E-state index in [0.29, 0.717) is 18.7 Å². The molecule has 14 heteroatoms. The first-order chi connectivity index (χ1) is 27.0. The second-order valence-corrected chi connectivity index (χ2v) is 14.2. The van der Waals surface area contributed by atoms with Gasteiger partial charge in [-0.3, -0.25) is 14.4 Å². The molecule has 306 valence electrons. The molecule has 3 aromatic rings. The number of hydrogen-bond acceptors (Lipinski definition) is 13. The molecule has 57 heavy (non-hydrogen) atoms. The largest absolute Gasteiger partial charge is 0.492 e. The number of hydrogen-bond donors (Lipinski definition) is 0. The monoisotopic (exact) mass is 789 g/mol. The molecule has 3 aromatic carbocycles. The maximum absolute atomic E-state index is 12.9. The molecule has 0 radical (unpaired) electrons. The molecule has 1 heterocycles. The highest BCUT2D eigenvalue weighted by Crippen LogP contribution is 2.37. The molecule has 0 saturated carbocycles. The number of methoxy groups -OCH3 is 1. The standard InChI is InChI=1S/C43H51NO13/c1-10-34(29-14-12-11-13-15-29)35(30-16-20-32(21-17-30)51-25-24-44(8)42(49)57-43(5,6)7)31-18-22-33(23-19-31)55-41-39(54-28(4)47)37(53-27(3)46)36(52-26(2)45)38(56-41)40(48)50-9/h11-23,36-39,41H,10,24-25H2,1-9H3/b35-34+/t36-,37-,38-,39+,41+/m0/s1. The number of likely N-dealkylation sites (N-methyl/N-ethyl adjacent to an activating group) is 1. The van der Waals surface area contributed by atoms with Gasteiger partial charge in [-0.15, -0.1) is 0 Å². The van der Waals surface area contributed by atoms with Gasteiger partial charge in [0.1, 0.15) is 23.7 Å². The molecule has 0 aromatic heterocycles. The van der Waals surface area contributed by atoms with Crippen molar-refractivity contribution in [3.05, 3.63) is 95.6 Å². The van der Waals surface area contributed by atoms with Gasteiger partial charge in [-0.05, 0) is 79.3 Å². The maximum atomic E-state index is 12.9. The van der Waals surface area contributed by atoms with E-state index in [1.54, 1.807) is 19.2 Å². The quantitative estimate of drug-likeness (QED) is 0.101. The third-order valence-electron chi connectivity index (χ3n) is 8.55. The third kappa shape index (κ3) is 12.3. The van der Waals surface area contributed by atoms with Crippen LogP contribution in [0, 0.1) is 0 Å². The molecular formula is C43H51NO13. The van der Waals surface area contributed by atoms with Crippen molar-refractivity contribution in [1.29, 1.82) is 0 Å². The van der Waals surface area contributed by atoms with Crippen LogP contribution in [0.25, 0.3) is 11.1 Å². The van der Waals surface area contributed by atoms with Gasteiger partial charge in [0, 0.05) is 27.8 Å². The van der Waals surface area contributed by atoms with Crippen molar-refractivity contribution in [3.63, 3.8) is 0 Å². The summed E-state index contributed by atoms with van der Waals surface area (Å²) in [7, 11) is 2.77. The van der Waals surface area contributed by atoms with Crippen LogP contribution in [0.15, 0.2) is 78.9 Å². The van der Waals surface area contributed by atoms with Crippen molar-refractivity contribution < 1.29 is 61.9 Å². The van der Waals surface area contributed by atoms with Gasteiger partial charge in [-0.1, -0.05) is 61.5 Å². The number of benzene rings is 3. The molecular weight excluding hydrogens is 738 g/mol. The number of amides is 1. The van der Waals surface area contributed by atoms with Gasteiger partial charge in [-0.25, -0.2) is 9.59 Å². The summed E-state index contributed by atoms with van der Waals surface area (Å²) in [5.74, 6) is -2.42. The van der Waals surface area contributed by atoms with E-state index in [9.17, 15) is 24.0 Å². The van der Waals surface area contributed by atoms with Crippen LogP contribution >= 0.6 is 0 Å². The molecule has 0 spiro atoms. The second kappa shape index (κ2) is 19.8. The van der Waals surface area contributed by atoms with Gasteiger partial charge in [0.05, 0.1) is 13.7 Å². The topological polar surface area (TPSA) is 162 Å². The Morgan fingerprint density at radius 2 is 1.23 bits per heavy atom. The first kappa shape index (κ1) is 43.8. The highest BCUT2D eigenvalue weighted by Gasteiger charge is 2.55. The fourth-order valence-electron chi connectivity index (χ4n) is 6.14. The SMILES string of the molecule is CC/C(=C(/c1ccc(OCCN(C)C(=O)OC(C)(C)C)cc1)c1ccc(O[C@@H]2O[C@H](C(=O)OC)[C@@H](OC(C)=O)[C@H](OC(C)=O)[C@H]2OC(C)=O)cc1)c1ccccc1. The minimum absolute atomic E-state index is 0.259. The molecule has 14 nitrogen and oxygen atoms in total. The van der Waals surface area contributed by atoms with E-state index in [4.69, 9.17) is 37.9 Å². The van der Waals surface area contributed by atoms with E-state index in [-0.39, 0.29) is 12.4 Å². The Kier molecular flexibility index (Phi) is 15.2. The molecule has 0 unspecified atom stereocenters. The molecule has 1 fully saturated rings. The van der Waals surface area contributed by atoms with Gasteiger partial charge in [0.15, 0.2) is 18.3 Å². The molecule has 1 aliphatic rings. The lowest BCUT2D eigenvalue weighted by Gasteiger charge is -2.43. The van der Waals surface area contributed by atoms with Crippen LogP contribution in [0.4, 0.5) is 4.79 Å². The van der Waals surface area contributed by atoms with Crippen molar-refractivity contribution in [3.8, 4) is 11.5 Å². The summed E-state index contributed by atoms with van der Waals surface area (Å²) in [5, 5.41) is 0. The van der Waals surface area contributed by atoms with Crippen molar-refractivity contribution in [1.82, 2.24) is 4.90 Å². The van der Waals surface area contributed by atoms with Crippen LogP contribution in [0.3, 0.4) is 0 Å². The zero-order chi connectivity index (χ0) is 41.9. The van der Waals surface area contributed by atoms with Crippen LogP contribution in [0.1, 0.15) is 71.6 Å². The van der Waals surface area contributed by atoms with Crippen molar-refractivity contribution in [2.75, 3.05) is 27.3 Å². The first-order valence-electron chi connectivity index (χ1n) is 18.5. The van der Waals surface area contributed by atoms with Crippen LogP contribution in [-0.2, 0) is 47.6 Å². The second-order valence-electron chi connectivity index (χ2n) is 14.2. The summed E-state index contributed by atoms with van der Waals surface area (Å²) >= 11 is 0. The van der Waals surface area contributed by atoms with Gasteiger partial charge >= 0.3 is 30.0 Å². The van der Waals surface area contributed by atoms with E-state index in [1.807, 2.05) is 87.5 Å². The molecule has 0 bridgehead atoms. The van der Waals surface area contributed by atoms with Crippen LogP contribution in [-0.4, -0.2) is 98.5 Å². The van der Waals surface area contributed by atoms with Crippen LogP contribution < -0.4 is 9.47 Å². The number of ether oxygens (including phenoxy) is 8. The number of carbonyl (C=O) groups is 5. The summed E-state index contributed by atoms with van der Waals surface area (Å²) in [5.41, 5.74) is 4.21. The Balaban J connectivity index is 1.65. The fourth-order valence-corrected chi connectivity index (χ4v) is 6.14. The molecule has 5 atom stereocenters. The lowest BCUT2D eigenvalue weighted by molar-refractivity contribution is -0.282. The normalized spacial score (nSPS) is 19.6. The highest BCUT2D eigenvalue weighted by atomic mass is 16.7. The first-order valence-corrected chi connectivity index (χ1v) is 18.5. The highest BCUT2D eigenvalue weighted by molar-refractivity contribution is 5.98. The third-order valence-corrected chi connectivity index (χ3v) is 8.55. The lowest BCUT2D eigenvalue weighted by Crippen LogP contribution is -2.64. The number of rotatable bonds is 14. The smallest absolute Gasteiger partial charge is 0.410 e. The summed E-state index contributed by atoms with van der Waals surface area (Å²) in [6.07, 6.45) is -7.27. The van der Waals surface area contributed by atoms with Crippen LogP contribution in [0.2, 0.25) is 0 Å². The summed E-state index contributed by atoms with van der Waals surface area (Å²) < 4.78 is 44.7. The lowest BCUT2D eigenvalue weighted by atomic mass is 9.88. The Morgan fingerprint density at radius 1 is 0.702 bits per heavy atom. The Bertz CT molecular complexity index is 1880. The predicted molar refractivity (Wildman–Crippen MR) is 208 cm³/mol. The van der Waals surface area contributed by atoms with Crippen LogP contribution in [0.5, 0.6) is 11.5 Å². The minimum atomic E-state index is -1.59. The van der Waals surface area contributed by atoms with Gasteiger partial charge in [-0.2, -0.15) is 0 Å². The van der Waals surface area contributed by atoms with Gasteiger partial charge in [0.2, 0.25) is 12.4 Å². The zero-order valence-electron chi connectivity index (χ0n) is 33.8. The Morgan fingerprint density at radius 3 is 1.74 bits per heavy atom. The number of esters is 4. The van der Waals surface area contributed by atoms with Gasteiger partial charge < -0.3 is 42.8 Å².